The van der Waals surface area contributed by atoms with Gasteiger partial charge in [-0.05, 0) is 56.5 Å². The van der Waals surface area contributed by atoms with Gasteiger partial charge in [0.1, 0.15) is 0 Å². The molecule has 1 fully saturated rings. The lowest BCUT2D eigenvalue weighted by molar-refractivity contribution is -0.118. The van der Waals surface area contributed by atoms with Gasteiger partial charge in [-0.25, -0.2) is 13.4 Å². The number of ether oxygens (including phenoxy) is 1. The zero-order valence-electron chi connectivity index (χ0n) is 20.7. The molecule has 2 aromatic carbocycles. The van der Waals surface area contributed by atoms with E-state index in [2.05, 4.69) is 4.90 Å². The number of hydrogen-bond acceptors (Lipinski definition) is 7. The molecule has 0 unspecified atom stereocenters. The van der Waals surface area contributed by atoms with Gasteiger partial charge in [0.05, 0.1) is 34.1 Å². The molecule has 0 radical (unpaired) electrons. The Labute approximate surface area is 221 Å². The maximum atomic E-state index is 13.4. The van der Waals surface area contributed by atoms with Crippen LogP contribution in [-0.4, -0.2) is 69.4 Å². The molecule has 1 aromatic heterocycles. The van der Waals surface area contributed by atoms with Crippen molar-refractivity contribution in [2.75, 3.05) is 50.0 Å². The second-order valence-corrected chi connectivity index (χ2v) is 12.7. The van der Waals surface area contributed by atoms with Crippen molar-refractivity contribution in [3.63, 3.8) is 0 Å². The molecule has 1 aliphatic heterocycles. The number of carbonyl (C=O) groups excluding carboxylic acids is 1. The monoisotopic (exact) mass is 549 g/mol. The molecule has 0 atom stereocenters. The summed E-state index contributed by atoms with van der Waals surface area (Å²) in [5, 5.41) is 1.27. The lowest BCUT2D eigenvalue weighted by Crippen LogP contribution is -2.39. The van der Waals surface area contributed by atoms with Crippen LogP contribution in [0.2, 0.25) is 5.02 Å². The summed E-state index contributed by atoms with van der Waals surface area (Å²) < 4.78 is 31.8. The minimum Gasteiger partial charge on any atom is -0.379 e. The maximum Gasteiger partial charge on any atom is 0.228 e. The number of carbonyl (C=O) groups is 1. The predicted molar refractivity (Wildman–Crippen MR) is 146 cm³/mol. The average Bonchev–Trinajstić information content (AvgIpc) is 3.26. The number of fused-ring (bicyclic) bond motifs is 1. The molecule has 0 bridgehead atoms. The SMILES string of the molecule is Cc1ccc(S(=O)(=O)CCCC(=O)N(CCCN2CCOCC2)c2nc3c(C)cc(Cl)cc3s2)cc1. The minimum atomic E-state index is -3.44. The summed E-state index contributed by atoms with van der Waals surface area (Å²) in [6, 6.07) is 10.6. The summed E-state index contributed by atoms with van der Waals surface area (Å²) >= 11 is 7.68. The number of halogens is 1. The van der Waals surface area contributed by atoms with Crippen molar-refractivity contribution in [1.82, 2.24) is 9.88 Å². The number of amides is 1. The quantitative estimate of drug-likeness (QED) is 0.359. The van der Waals surface area contributed by atoms with E-state index in [1.54, 1.807) is 29.2 Å². The van der Waals surface area contributed by atoms with Crippen LogP contribution in [0.15, 0.2) is 41.3 Å². The number of rotatable bonds is 10. The summed E-state index contributed by atoms with van der Waals surface area (Å²) in [4.78, 5) is 22.5. The zero-order chi connectivity index (χ0) is 25.7. The van der Waals surface area contributed by atoms with Gasteiger partial charge in [-0.2, -0.15) is 0 Å². The minimum absolute atomic E-state index is 0.0714. The van der Waals surface area contributed by atoms with Crippen molar-refractivity contribution < 1.29 is 17.9 Å². The fourth-order valence-corrected chi connectivity index (χ4v) is 7.05. The van der Waals surface area contributed by atoms with Crippen LogP contribution in [0.4, 0.5) is 5.13 Å². The topological polar surface area (TPSA) is 79.8 Å². The Morgan fingerprint density at radius 2 is 1.86 bits per heavy atom. The van der Waals surface area contributed by atoms with E-state index in [4.69, 9.17) is 21.3 Å². The molecule has 4 rings (SSSR count). The highest BCUT2D eigenvalue weighted by Crippen LogP contribution is 2.33. The first-order valence-corrected chi connectivity index (χ1v) is 15.0. The molecule has 1 aliphatic rings. The van der Waals surface area contributed by atoms with E-state index in [0.717, 1.165) is 60.6 Å². The molecule has 36 heavy (non-hydrogen) atoms. The Morgan fingerprint density at radius 1 is 1.14 bits per heavy atom. The van der Waals surface area contributed by atoms with E-state index in [9.17, 15) is 13.2 Å². The Morgan fingerprint density at radius 3 is 2.58 bits per heavy atom. The summed E-state index contributed by atoms with van der Waals surface area (Å²) in [6.45, 7) is 8.51. The van der Waals surface area contributed by atoms with Crippen molar-refractivity contribution in [3.05, 3.63) is 52.5 Å². The van der Waals surface area contributed by atoms with Crippen molar-refractivity contribution in [3.8, 4) is 0 Å². The lowest BCUT2D eigenvalue weighted by atomic mass is 10.2. The normalized spacial score (nSPS) is 14.9. The van der Waals surface area contributed by atoms with Crippen molar-refractivity contribution in [1.29, 1.82) is 0 Å². The van der Waals surface area contributed by atoms with Crippen molar-refractivity contribution in [2.24, 2.45) is 0 Å². The van der Waals surface area contributed by atoms with Gasteiger partial charge in [0.25, 0.3) is 0 Å². The molecule has 0 saturated carbocycles. The van der Waals surface area contributed by atoms with Crippen LogP contribution in [-0.2, 0) is 19.4 Å². The van der Waals surface area contributed by atoms with E-state index in [1.807, 2.05) is 26.0 Å². The van der Waals surface area contributed by atoms with Crippen molar-refractivity contribution >= 4 is 54.0 Å². The third kappa shape index (κ3) is 6.83. The summed E-state index contributed by atoms with van der Waals surface area (Å²) in [5.41, 5.74) is 2.81. The Bertz CT molecular complexity index is 1300. The number of thiazole rings is 1. The molecule has 2 heterocycles. The molecule has 1 amide bonds. The molecule has 0 N–H and O–H groups in total. The smallest absolute Gasteiger partial charge is 0.228 e. The number of anilines is 1. The number of morpholine rings is 1. The van der Waals surface area contributed by atoms with E-state index >= 15 is 0 Å². The third-order valence-corrected chi connectivity index (χ3v) is 9.37. The fraction of sp³-hybridized carbons (Fsp3) is 0.462. The van der Waals surface area contributed by atoms with Gasteiger partial charge in [-0.1, -0.05) is 40.6 Å². The van der Waals surface area contributed by atoms with Crippen LogP contribution in [0.5, 0.6) is 0 Å². The molecule has 0 aliphatic carbocycles. The predicted octanol–water partition coefficient (Wildman–Crippen LogP) is 4.88. The van der Waals surface area contributed by atoms with Crippen LogP contribution in [0.25, 0.3) is 10.2 Å². The van der Waals surface area contributed by atoms with E-state index < -0.39 is 9.84 Å². The number of nitrogens with zero attached hydrogens (tertiary/aromatic N) is 3. The van der Waals surface area contributed by atoms with Gasteiger partial charge in [-0.15, -0.1) is 0 Å². The molecule has 0 spiro atoms. The van der Waals surface area contributed by atoms with E-state index in [0.29, 0.717) is 21.6 Å². The van der Waals surface area contributed by atoms with Crippen molar-refractivity contribution in [2.45, 2.75) is 38.0 Å². The average molecular weight is 550 g/mol. The molecule has 1 saturated heterocycles. The number of aryl methyl sites for hydroxylation is 2. The highest BCUT2D eigenvalue weighted by molar-refractivity contribution is 7.91. The Kier molecular flexibility index (Phi) is 9.00. The first kappa shape index (κ1) is 27.0. The van der Waals surface area contributed by atoms with Crippen LogP contribution < -0.4 is 4.90 Å². The maximum absolute atomic E-state index is 13.4. The third-order valence-electron chi connectivity index (χ3n) is 6.31. The van der Waals surface area contributed by atoms with Gasteiger partial charge < -0.3 is 4.74 Å². The summed E-state index contributed by atoms with van der Waals surface area (Å²) in [5.74, 6) is -0.184. The van der Waals surface area contributed by atoms with E-state index in [1.165, 1.54) is 11.3 Å². The number of hydrogen-bond donors (Lipinski definition) is 0. The van der Waals surface area contributed by atoms with Gasteiger partial charge in [0.2, 0.25) is 5.91 Å². The highest BCUT2D eigenvalue weighted by Gasteiger charge is 2.22. The molecular weight excluding hydrogens is 518 g/mol. The van der Waals surface area contributed by atoms with Crippen LogP contribution in [0, 0.1) is 13.8 Å². The van der Waals surface area contributed by atoms with Gasteiger partial charge in [0, 0.05) is 37.6 Å². The van der Waals surface area contributed by atoms with Crippen LogP contribution in [0.1, 0.15) is 30.4 Å². The number of benzene rings is 2. The second-order valence-electron chi connectivity index (χ2n) is 9.15. The van der Waals surface area contributed by atoms with E-state index in [-0.39, 0.29) is 24.5 Å². The molecule has 194 valence electrons. The lowest BCUT2D eigenvalue weighted by Gasteiger charge is -2.27. The van der Waals surface area contributed by atoms with Gasteiger partial charge in [-0.3, -0.25) is 14.6 Å². The molecule has 10 heteroatoms. The Balaban J connectivity index is 1.45. The molecule has 7 nitrogen and oxygen atoms in total. The number of aromatic nitrogens is 1. The number of sulfone groups is 1. The van der Waals surface area contributed by atoms with Gasteiger partial charge in [0.15, 0.2) is 15.0 Å². The van der Waals surface area contributed by atoms with Crippen LogP contribution in [0.3, 0.4) is 0 Å². The summed E-state index contributed by atoms with van der Waals surface area (Å²) in [6.07, 6.45) is 1.19. The zero-order valence-corrected chi connectivity index (χ0v) is 23.1. The first-order chi connectivity index (χ1) is 17.2. The Hall–Kier alpha value is -2.04. The second kappa shape index (κ2) is 12.0. The highest BCUT2D eigenvalue weighted by atomic mass is 35.5. The fourth-order valence-electron chi connectivity index (χ4n) is 4.27. The summed E-state index contributed by atoms with van der Waals surface area (Å²) in [7, 11) is -3.44. The first-order valence-electron chi connectivity index (χ1n) is 12.2. The van der Waals surface area contributed by atoms with Gasteiger partial charge >= 0.3 is 0 Å². The molecule has 3 aromatic rings. The van der Waals surface area contributed by atoms with Crippen LogP contribution >= 0.6 is 22.9 Å². The molecular formula is C26H32ClN3O4S2. The standard InChI is InChI=1S/C26H32ClN3O4S2/c1-19-6-8-22(9-7-19)36(32,33)16-3-5-24(31)30(11-4-10-29-12-14-34-15-13-29)26-28-25-20(2)17-21(27)18-23(25)35-26/h6-9,17-18H,3-5,10-16H2,1-2H3. The largest absolute Gasteiger partial charge is 0.379 e.